The van der Waals surface area contributed by atoms with Gasteiger partial charge in [0.15, 0.2) is 9.84 Å². The van der Waals surface area contributed by atoms with Crippen molar-refractivity contribution >= 4 is 47.2 Å². The maximum atomic E-state index is 15.0. The van der Waals surface area contributed by atoms with Crippen LogP contribution in [0.5, 0.6) is 0 Å². The fraction of sp³-hybridized carbons (Fsp3) is 0.316. The molecule has 2 aromatic carbocycles. The van der Waals surface area contributed by atoms with Gasteiger partial charge < -0.3 is 5.73 Å². The highest BCUT2D eigenvalue weighted by Gasteiger charge is 2.49. The molecular weight excluding hydrogens is 371 g/mol. The first-order chi connectivity index (χ1) is 12.1. The van der Waals surface area contributed by atoms with Crippen molar-refractivity contribution in [1.82, 2.24) is 0 Å². The number of rotatable bonds is 1. The number of sulfone groups is 1. The highest BCUT2D eigenvalue weighted by molar-refractivity contribution is 7.93. The van der Waals surface area contributed by atoms with Gasteiger partial charge in [0, 0.05) is 25.7 Å². The van der Waals surface area contributed by atoms with E-state index in [1.807, 2.05) is 24.3 Å². The Labute approximate surface area is 155 Å². The molecule has 26 heavy (non-hydrogen) atoms. The number of halogens is 1. The molecule has 7 heteroatoms. The largest absolute Gasteiger partial charge is 0.386 e. The second kappa shape index (κ2) is 5.27. The zero-order chi connectivity index (χ0) is 18.9. The van der Waals surface area contributed by atoms with E-state index in [4.69, 9.17) is 5.73 Å². The summed E-state index contributed by atoms with van der Waals surface area (Å²) in [5, 5.41) is 1.92. The fourth-order valence-corrected chi connectivity index (χ4v) is 6.24. The van der Waals surface area contributed by atoms with Crippen LogP contribution < -0.4 is 5.73 Å². The quantitative estimate of drug-likeness (QED) is 0.683. The van der Waals surface area contributed by atoms with Gasteiger partial charge in [0.25, 0.3) is 0 Å². The topological polar surface area (TPSA) is 72.5 Å². The molecule has 4 rings (SSSR count). The van der Waals surface area contributed by atoms with Crippen molar-refractivity contribution in [2.45, 2.75) is 31.1 Å². The van der Waals surface area contributed by atoms with Crippen LogP contribution in [0.15, 0.2) is 41.4 Å². The summed E-state index contributed by atoms with van der Waals surface area (Å²) in [7, 11) is -3.58. The molecule has 0 fully saturated rings. The van der Waals surface area contributed by atoms with E-state index in [-0.39, 0.29) is 17.2 Å². The van der Waals surface area contributed by atoms with Gasteiger partial charge in [-0.3, -0.25) is 4.99 Å². The third-order valence-corrected chi connectivity index (χ3v) is 9.12. The van der Waals surface area contributed by atoms with Gasteiger partial charge in [-0.05, 0) is 39.0 Å². The third-order valence-electron chi connectivity index (χ3n) is 5.28. The summed E-state index contributed by atoms with van der Waals surface area (Å²) in [4.78, 5) is 4.44. The van der Waals surface area contributed by atoms with Crippen LogP contribution in [0.1, 0.15) is 26.3 Å². The van der Waals surface area contributed by atoms with E-state index >= 15 is 0 Å². The highest BCUT2D eigenvalue weighted by Crippen LogP contribution is 2.41. The molecule has 0 spiro atoms. The van der Waals surface area contributed by atoms with E-state index in [0.29, 0.717) is 0 Å². The predicted molar refractivity (Wildman–Crippen MR) is 106 cm³/mol. The third kappa shape index (κ3) is 2.30. The molecule has 4 nitrogen and oxygen atoms in total. The number of hydrogen-bond acceptors (Lipinski definition) is 5. The van der Waals surface area contributed by atoms with E-state index in [1.165, 1.54) is 31.3 Å². The Hall–Kier alpha value is -1.99. The second-order valence-corrected chi connectivity index (χ2v) is 11.1. The Kier molecular flexibility index (Phi) is 3.53. The first-order valence-electron chi connectivity index (χ1n) is 8.24. The summed E-state index contributed by atoms with van der Waals surface area (Å²) < 4.78 is 41.1. The molecule has 0 saturated heterocycles. The molecule has 1 aliphatic heterocycles. The normalized spacial score (nSPS) is 24.7. The van der Waals surface area contributed by atoms with E-state index in [2.05, 4.69) is 4.99 Å². The molecule has 0 saturated carbocycles. The highest BCUT2D eigenvalue weighted by atomic mass is 32.2. The lowest BCUT2D eigenvalue weighted by molar-refractivity contribution is 0.476. The number of aliphatic imine (C=N–C) groups is 1. The van der Waals surface area contributed by atoms with Crippen molar-refractivity contribution in [3.63, 3.8) is 0 Å². The van der Waals surface area contributed by atoms with Crippen molar-refractivity contribution < 1.29 is 12.8 Å². The Bertz CT molecular complexity index is 1190. The van der Waals surface area contributed by atoms with Crippen molar-refractivity contribution in [2.75, 3.05) is 5.75 Å². The fourth-order valence-electron chi connectivity index (χ4n) is 3.44. The number of nitrogens with zero attached hydrogens (tertiary/aromatic N) is 1. The molecule has 1 aliphatic rings. The van der Waals surface area contributed by atoms with Crippen LogP contribution >= 0.6 is 11.3 Å². The summed E-state index contributed by atoms with van der Waals surface area (Å²) in [5.41, 5.74) is 4.99. The number of nitrogens with two attached hydrogens (primary N) is 1. The average Bonchev–Trinajstić information content (AvgIpc) is 2.89. The van der Waals surface area contributed by atoms with Gasteiger partial charge in [-0.1, -0.05) is 18.2 Å². The zero-order valence-corrected chi connectivity index (χ0v) is 16.3. The van der Waals surface area contributed by atoms with Crippen molar-refractivity contribution in [3.05, 3.63) is 47.8 Å². The summed E-state index contributed by atoms with van der Waals surface area (Å²) in [6.07, 6.45) is 0. The minimum atomic E-state index is -3.58. The maximum Gasteiger partial charge on any atom is 0.165 e. The Morgan fingerprint density at radius 3 is 2.50 bits per heavy atom. The average molecular weight is 391 g/mol. The number of fused-ring (bicyclic) bond motifs is 3. The van der Waals surface area contributed by atoms with Gasteiger partial charge in [0.2, 0.25) is 0 Å². The van der Waals surface area contributed by atoms with Crippen LogP contribution in [0.3, 0.4) is 0 Å². The first-order valence-corrected chi connectivity index (χ1v) is 10.7. The predicted octanol–water partition coefficient (Wildman–Crippen LogP) is 3.97. The van der Waals surface area contributed by atoms with E-state index in [9.17, 15) is 12.8 Å². The van der Waals surface area contributed by atoms with Gasteiger partial charge in [0.05, 0.1) is 5.75 Å². The summed E-state index contributed by atoms with van der Waals surface area (Å²) >= 11 is 1.51. The molecule has 0 radical (unpaired) electrons. The number of hydrogen-bond donors (Lipinski definition) is 1. The van der Waals surface area contributed by atoms with Crippen molar-refractivity contribution in [1.29, 1.82) is 0 Å². The molecule has 1 aromatic heterocycles. The summed E-state index contributed by atoms with van der Waals surface area (Å²) in [6.45, 7) is 4.70. The van der Waals surface area contributed by atoms with E-state index in [0.717, 1.165) is 20.2 Å². The van der Waals surface area contributed by atoms with Gasteiger partial charge in [0.1, 0.15) is 21.9 Å². The molecule has 2 heterocycles. The monoisotopic (exact) mass is 390 g/mol. The van der Waals surface area contributed by atoms with Crippen LogP contribution in [0.4, 0.5) is 4.39 Å². The lowest BCUT2D eigenvalue weighted by Crippen LogP contribution is -2.54. The second-order valence-electron chi connectivity index (χ2n) is 7.47. The van der Waals surface area contributed by atoms with Crippen LogP contribution in [-0.4, -0.2) is 24.8 Å². The molecular formula is C19H19FN2O2S2. The van der Waals surface area contributed by atoms with E-state index < -0.39 is 25.9 Å². The lowest BCUT2D eigenvalue weighted by Gasteiger charge is -2.37. The molecule has 0 bridgehead atoms. The standard InChI is InChI=1S/C19H19FN2O2S2/c1-18(2)17(21)22-19(3,10-26(18,23)24)13-8-12-11-6-4-5-7-15(11)25-16(12)9-14(13)20/h4-9H,10H2,1-3H3,(H2,21,22)/t19-/m0/s1. The molecule has 0 amide bonds. The molecule has 1 atom stereocenters. The lowest BCUT2D eigenvalue weighted by atomic mass is 9.92. The Morgan fingerprint density at radius 1 is 1.12 bits per heavy atom. The summed E-state index contributed by atoms with van der Waals surface area (Å²) in [5.74, 6) is -0.725. The molecule has 136 valence electrons. The van der Waals surface area contributed by atoms with Gasteiger partial charge >= 0.3 is 0 Å². The number of amidine groups is 1. The number of benzene rings is 2. The molecule has 2 N–H and O–H groups in total. The van der Waals surface area contributed by atoms with Crippen LogP contribution in [0.25, 0.3) is 20.2 Å². The number of thiophene rings is 1. The van der Waals surface area contributed by atoms with Crippen LogP contribution in [0, 0.1) is 5.82 Å². The van der Waals surface area contributed by atoms with E-state index in [1.54, 1.807) is 13.0 Å². The van der Waals surface area contributed by atoms with Gasteiger partial charge in [-0.2, -0.15) is 0 Å². The molecule has 3 aromatic rings. The first kappa shape index (κ1) is 17.4. The smallest absolute Gasteiger partial charge is 0.165 e. The van der Waals surface area contributed by atoms with Gasteiger partial charge in [-0.15, -0.1) is 11.3 Å². The SMILES string of the molecule is CC1(C)C(N)=N[C@](C)(c2cc3c(cc2F)sc2ccccc23)CS1(=O)=O. The molecule has 0 aliphatic carbocycles. The Balaban J connectivity index is 2.00. The minimum absolute atomic E-state index is 0.0147. The van der Waals surface area contributed by atoms with Gasteiger partial charge in [-0.25, -0.2) is 12.8 Å². The minimum Gasteiger partial charge on any atom is -0.386 e. The van der Waals surface area contributed by atoms with Crippen LogP contribution in [-0.2, 0) is 15.4 Å². The maximum absolute atomic E-state index is 15.0. The Morgan fingerprint density at radius 2 is 1.81 bits per heavy atom. The van der Waals surface area contributed by atoms with Crippen LogP contribution in [0.2, 0.25) is 0 Å². The summed E-state index contributed by atoms with van der Waals surface area (Å²) in [6, 6.07) is 11.0. The van der Waals surface area contributed by atoms with Crippen molar-refractivity contribution in [3.8, 4) is 0 Å². The van der Waals surface area contributed by atoms with Crippen molar-refractivity contribution in [2.24, 2.45) is 10.7 Å². The zero-order valence-electron chi connectivity index (χ0n) is 14.7. The molecule has 0 unspecified atom stereocenters.